The molecule has 0 spiro atoms. The van der Waals surface area contributed by atoms with Gasteiger partial charge < -0.3 is 14.8 Å². The predicted molar refractivity (Wildman–Crippen MR) is 120 cm³/mol. The zero-order chi connectivity index (χ0) is 21.1. The zero-order valence-corrected chi connectivity index (χ0v) is 17.6. The molecule has 0 radical (unpaired) electrons. The van der Waals surface area contributed by atoms with Gasteiger partial charge in [-0.15, -0.1) is 0 Å². The minimum atomic E-state index is -0.147. The fraction of sp³-hybridized carbons (Fsp3) is 0.375. The van der Waals surface area contributed by atoms with Gasteiger partial charge in [0.25, 0.3) is 5.56 Å². The molecule has 3 aromatic rings. The molecule has 0 saturated carbocycles. The van der Waals surface area contributed by atoms with Crippen molar-refractivity contribution in [3.8, 4) is 0 Å². The number of hydrogen-bond donors (Lipinski definition) is 1. The summed E-state index contributed by atoms with van der Waals surface area (Å²) in [5, 5.41) is 3.07. The van der Waals surface area contributed by atoms with Gasteiger partial charge >= 0.3 is 0 Å². The molecule has 1 amide bonds. The fourth-order valence-corrected chi connectivity index (χ4v) is 4.24. The van der Waals surface area contributed by atoms with Gasteiger partial charge in [-0.25, -0.2) is 4.98 Å². The summed E-state index contributed by atoms with van der Waals surface area (Å²) in [6.07, 6.45) is 1.69. The van der Waals surface area contributed by atoms with Crippen LogP contribution >= 0.6 is 0 Å². The minimum absolute atomic E-state index is 0.0396. The van der Waals surface area contributed by atoms with Crippen molar-refractivity contribution in [3.63, 3.8) is 0 Å². The van der Waals surface area contributed by atoms with Crippen LogP contribution in [0.2, 0.25) is 0 Å². The molecule has 6 heteroatoms. The van der Waals surface area contributed by atoms with Crippen LogP contribution in [0.15, 0.2) is 53.3 Å². The molecule has 1 fully saturated rings. The van der Waals surface area contributed by atoms with Crippen LogP contribution in [0, 0.1) is 12.8 Å². The van der Waals surface area contributed by atoms with E-state index in [1.165, 1.54) is 5.56 Å². The SMILES string of the molecule is CCn1c(=O)c(N2CCC[C@@H](C(=O)NCc3cccc(C)c3)C2)nc2ccccc21. The fourth-order valence-electron chi connectivity index (χ4n) is 4.24. The first-order valence-corrected chi connectivity index (χ1v) is 10.6. The van der Waals surface area contributed by atoms with Gasteiger partial charge in [-0.2, -0.15) is 0 Å². The summed E-state index contributed by atoms with van der Waals surface area (Å²) in [6.45, 7) is 6.38. The maximum atomic E-state index is 13.1. The zero-order valence-electron chi connectivity index (χ0n) is 17.6. The second-order valence-corrected chi connectivity index (χ2v) is 7.97. The summed E-state index contributed by atoms with van der Waals surface area (Å²) in [4.78, 5) is 32.6. The summed E-state index contributed by atoms with van der Waals surface area (Å²) >= 11 is 0. The molecule has 2 heterocycles. The number of aryl methyl sites for hydroxylation is 2. The van der Waals surface area contributed by atoms with Crippen LogP contribution in [0.25, 0.3) is 11.0 Å². The molecule has 0 unspecified atom stereocenters. The van der Waals surface area contributed by atoms with E-state index in [1.807, 2.05) is 61.2 Å². The number of hydrogen-bond acceptors (Lipinski definition) is 4. The molecule has 6 nitrogen and oxygen atoms in total. The van der Waals surface area contributed by atoms with Gasteiger partial charge in [0.2, 0.25) is 5.91 Å². The van der Waals surface area contributed by atoms with Gasteiger partial charge in [0.15, 0.2) is 5.82 Å². The van der Waals surface area contributed by atoms with E-state index in [9.17, 15) is 9.59 Å². The summed E-state index contributed by atoms with van der Waals surface area (Å²) in [5.74, 6) is 0.343. The molecule has 0 aliphatic carbocycles. The second-order valence-electron chi connectivity index (χ2n) is 7.97. The quantitative estimate of drug-likeness (QED) is 0.709. The van der Waals surface area contributed by atoms with Gasteiger partial charge in [-0.05, 0) is 44.4 Å². The van der Waals surface area contributed by atoms with Crippen molar-refractivity contribution in [1.82, 2.24) is 14.9 Å². The molecule has 1 saturated heterocycles. The molecular weight excluding hydrogens is 376 g/mol. The third-order valence-electron chi connectivity index (χ3n) is 5.79. The summed E-state index contributed by atoms with van der Waals surface area (Å²) in [6, 6.07) is 15.9. The summed E-state index contributed by atoms with van der Waals surface area (Å²) in [5.41, 5.74) is 3.84. The van der Waals surface area contributed by atoms with E-state index in [4.69, 9.17) is 0 Å². The first kappa shape index (κ1) is 20.1. The van der Waals surface area contributed by atoms with Crippen LogP contribution in [0.1, 0.15) is 30.9 Å². The number of amides is 1. The number of aromatic nitrogens is 2. The highest BCUT2D eigenvalue weighted by Crippen LogP contribution is 2.22. The number of anilines is 1. The molecular formula is C24H28N4O2. The first-order chi connectivity index (χ1) is 14.6. The Labute approximate surface area is 176 Å². The Morgan fingerprint density at radius 1 is 1.20 bits per heavy atom. The highest BCUT2D eigenvalue weighted by Gasteiger charge is 2.28. The van der Waals surface area contributed by atoms with E-state index in [0.717, 1.165) is 36.0 Å². The lowest BCUT2D eigenvalue weighted by Crippen LogP contribution is -2.45. The second kappa shape index (κ2) is 8.69. The van der Waals surface area contributed by atoms with Crippen LogP contribution < -0.4 is 15.8 Å². The average Bonchev–Trinajstić information content (AvgIpc) is 2.77. The predicted octanol–water partition coefficient (Wildman–Crippen LogP) is 3.26. The van der Waals surface area contributed by atoms with Crippen molar-refractivity contribution in [2.24, 2.45) is 5.92 Å². The highest BCUT2D eigenvalue weighted by atomic mass is 16.2. The number of nitrogens with one attached hydrogen (secondary N) is 1. The average molecular weight is 405 g/mol. The highest BCUT2D eigenvalue weighted by molar-refractivity contribution is 5.80. The van der Waals surface area contributed by atoms with E-state index >= 15 is 0 Å². The molecule has 1 atom stereocenters. The monoisotopic (exact) mass is 404 g/mol. The van der Waals surface area contributed by atoms with Crippen LogP contribution in [0.5, 0.6) is 0 Å². The van der Waals surface area contributed by atoms with Crippen LogP contribution in [0.3, 0.4) is 0 Å². The normalized spacial score (nSPS) is 16.6. The number of piperidine rings is 1. The van der Waals surface area contributed by atoms with E-state index in [0.29, 0.717) is 25.5 Å². The Hall–Kier alpha value is -3.15. The van der Waals surface area contributed by atoms with E-state index in [-0.39, 0.29) is 17.4 Å². The van der Waals surface area contributed by atoms with E-state index in [2.05, 4.69) is 16.4 Å². The third-order valence-corrected chi connectivity index (χ3v) is 5.79. The standard InChI is InChI=1S/C24H28N4O2/c1-3-28-21-12-5-4-11-20(21)26-22(24(28)30)27-13-7-10-19(16-27)23(29)25-15-18-9-6-8-17(2)14-18/h4-6,8-9,11-12,14,19H,3,7,10,13,15-16H2,1-2H3,(H,25,29)/t19-/m1/s1. The van der Waals surface area contributed by atoms with Crippen molar-refractivity contribution >= 4 is 22.8 Å². The topological polar surface area (TPSA) is 67.2 Å². The number of nitrogens with zero attached hydrogens (tertiary/aromatic N) is 3. The van der Waals surface area contributed by atoms with Gasteiger partial charge in [-0.3, -0.25) is 9.59 Å². The lowest BCUT2D eigenvalue weighted by molar-refractivity contribution is -0.125. The molecule has 2 aromatic carbocycles. The van der Waals surface area contributed by atoms with Crippen LogP contribution in [-0.4, -0.2) is 28.5 Å². The smallest absolute Gasteiger partial charge is 0.293 e. The van der Waals surface area contributed by atoms with E-state index in [1.54, 1.807) is 4.57 Å². The number of carbonyl (C=O) groups excluding carboxylic acids is 1. The Bertz CT molecular complexity index is 1120. The molecule has 1 aliphatic rings. The number of fused-ring (bicyclic) bond motifs is 1. The number of carbonyl (C=O) groups is 1. The Kier molecular flexibility index (Phi) is 5.84. The van der Waals surface area contributed by atoms with Crippen LogP contribution in [0.4, 0.5) is 5.82 Å². The van der Waals surface area contributed by atoms with Crippen molar-refractivity contribution < 1.29 is 4.79 Å². The Balaban J connectivity index is 1.52. The molecule has 1 aliphatic heterocycles. The van der Waals surface area contributed by atoms with Crippen molar-refractivity contribution in [1.29, 1.82) is 0 Å². The number of rotatable bonds is 5. The summed E-state index contributed by atoms with van der Waals surface area (Å²) in [7, 11) is 0. The van der Waals surface area contributed by atoms with Crippen molar-refractivity contribution in [2.45, 2.75) is 39.8 Å². The molecule has 30 heavy (non-hydrogen) atoms. The molecule has 1 aromatic heterocycles. The largest absolute Gasteiger partial charge is 0.352 e. The van der Waals surface area contributed by atoms with Crippen LogP contribution in [-0.2, 0) is 17.9 Å². The third kappa shape index (κ3) is 4.08. The van der Waals surface area contributed by atoms with Gasteiger partial charge in [0.05, 0.1) is 17.0 Å². The maximum absolute atomic E-state index is 13.1. The Morgan fingerprint density at radius 2 is 2.03 bits per heavy atom. The van der Waals surface area contributed by atoms with E-state index < -0.39 is 0 Å². The van der Waals surface area contributed by atoms with Gasteiger partial charge in [0.1, 0.15) is 0 Å². The van der Waals surface area contributed by atoms with Crippen molar-refractivity contribution in [3.05, 3.63) is 70.0 Å². The number of para-hydroxylation sites is 2. The molecule has 156 valence electrons. The minimum Gasteiger partial charge on any atom is -0.352 e. The van der Waals surface area contributed by atoms with Gasteiger partial charge in [-0.1, -0.05) is 42.0 Å². The lowest BCUT2D eigenvalue weighted by atomic mass is 9.97. The van der Waals surface area contributed by atoms with Gasteiger partial charge in [0, 0.05) is 26.2 Å². The molecule has 0 bridgehead atoms. The molecule has 4 rings (SSSR count). The Morgan fingerprint density at radius 3 is 2.83 bits per heavy atom. The van der Waals surface area contributed by atoms with Crippen molar-refractivity contribution in [2.75, 3.05) is 18.0 Å². The summed E-state index contributed by atoms with van der Waals surface area (Å²) < 4.78 is 1.76. The lowest BCUT2D eigenvalue weighted by Gasteiger charge is -2.32. The maximum Gasteiger partial charge on any atom is 0.293 e. The molecule has 1 N–H and O–H groups in total. The number of benzene rings is 2. The first-order valence-electron chi connectivity index (χ1n) is 10.6.